The number of halogens is 3. The van der Waals surface area contributed by atoms with E-state index in [4.69, 9.17) is 5.11 Å². The van der Waals surface area contributed by atoms with Gasteiger partial charge in [-0.2, -0.15) is 0 Å². The Labute approximate surface area is 120 Å². The SMILES string of the molecule is CC(C)(CCO)NC(=O)Nc1cccc(OC(F)(F)F)c1. The Kier molecular flexibility index (Phi) is 5.42. The van der Waals surface area contributed by atoms with Crippen LogP contribution in [0.3, 0.4) is 0 Å². The number of nitrogens with one attached hydrogen (secondary N) is 2. The van der Waals surface area contributed by atoms with E-state index in [-0.39, 0.29) is 12.3 Å². The zero-order chi connectivity index (χ0) is 16.1. The molecule has 0 bridgehead atoms. The van der Waals surface area contributed by atoms with Crippen LogP contribution in [0.15, 0.2) is 24.3 Å². The number of rotatable bonds is 5. The largest absolute Gasteiger partial charge is 0.573 e. The number of hydrogen-bond acceptors (Lipinski definition) is 3. The summed E-state index contributed by atoms with van der Waals surface area (Å²) < 4.78 is 40.1. The van der Waals surface area contributed by atoms with Crippen molar-refractivity contribution in [1.82, 2.24) is 5.32 Å². The van der Waals surface area contributed by atoms with Crippen molar-refractivity contribution in [2.24, 2.45) is 0 Å². The lowest BCUT2D eigenvalue weighted by molar-refractivity contribution is -0.274. The Morgan fingerprint density at radius 3 is 2.57 bits per heavy atom. The normalized spacial score (nSPS) is 11.9. The highest BCUT2D eigenvalue weighted by Crippen LogP contribution is 2.25. The van der Waals surface area contributed by atoms with Gasteiger partial charge in [0.25, 0.3) is 0 Å². The average molecular weight is 306 g/mol. The van der Waals surface area contributed by atoms with Crippen LogP contribution in [0, 0.1) is 0 Å². The number of carbonyl (C=O) groups is 1. The van der Waals surface area contributed by atoms with Gasteiger partial charge in [-0.3, -0.25) is 0 Å². The second kappa shape index (κ2) is 6.66. The Morgan fingerprint density at radius 2 is 2.00 bits per heavy atom. The van der Waals surface area contributed by atoms with Crippen molar-refractivity contribution in [3.63, 3.8) is 0 Å². The van der Waals surface area contributed by atoms with Crippen molar-refractivity contribution >= 4 is 11.7 Å². The van der Waals surface area contributed by atoms with Gasteiger partial charge in [0.2, 0.25) is 0 Å². The molecule has 0 saturated carbocycles. The predicted molar refractivity (Wildman–Crippen MR) is 71.1 cm³/mol. The standard InChI is InChI=1S/C13H17F3N2O3/c1-12(2,6-7-19)18-11(20)17-9-4-3-5-10(8-9)21-13(14,15)16/h3-5,8,19H,6-7H2,1-2H3,(H2,17,18,20). The number of urea groups is 1. The molecule has 0 aliphatic heterocycles. The molecule has 0 heterocycles. The molecule has 0 aliphatic rings. The monoisotopic (exact) mass is 306 g/mol. The number of anilines is 1. The predicted octanol–water partition coefficient (Wildman–Crippen LogP) is 2.87. The van der Waals surface area contributed by atoms with E-state index in [9.17, 15) is 18.0 Å². The van der Waals surface area contributed by atoms with Gasteiger partial charge in [-0.25, -0.2) is 4.79 Å². The molecular weight excluding hydrogens is 289 g/mol. The zero-order valence-electron chi connectivity index (χ0n) is 11.6. The molecule has 3 N–H and O–H groups in total. The highest BCUT2D eigenvalue weighted by atomic mass is 19.4. The first kappa shape index (κ1) is 17.1. The molecule has 118 valence electrons. The van der Waals surface area contributed by atoms with Crippen molar-refractivity contribution in [2.45, 2.75) is 32.2 Å². The summed E-state index contributed by atoms with van der Waals surface area (Å²) in [5.74, 6) is -0.421. The van der Waals surface area contributed by atoms with Crippen LogP contribution in [-0.2, 0) is 0 Å². The number of ether oxygens (including phenoxy) is 1. The first-order chi connectivity index (χ1) is 9.61. The van der Waals surface area contributed by atoms with Crippen LogP contribution < -0.4 is 15.4 Å². The molecule has 2 amide bonds. The van der Waals surface area contributed by atoms with E-state index >= 15 is 0 Å². The van der Waals surface area contributed by atoms with Crippen molar-refractivity contribution in [3.05, 3.63) is 24.3 Å². The van der Waals surface area contributed by atoms with Gasteiger partial charge in [0.1, 0.15) is 5.75 Å². The van der Waals surface area contributed by atoms with Crippen molar-refractivity contribution < 1.29 is 27.8 Å². The number of carbonyl (C=O) groups excluding carboxylic acids is 1. The Balaban J connectivity index is 2.66. The van der Waals surface area contributed by atoms with Gasteiger partial charge in [0, 0.05) is 23.9 Å². The van der Waals surface area contributed by atoms with Crippen LogP contribution in [0.2, 0.25) is 0 Å². The van der Waals surface area contributed by atoms with Crippen LogP contribution >= 0.6 is 0 Å². The summed E-state index contributed by atoms with van der Waals surface area (Å²) in [6, 6.07) is 4.37. The highest BCUT2D eigenvalue weighted by molar-refractivity contribution is 5.89. The van der Waals surface area contributed by atoms with E-state index in [1.807, 2.05) is 0 Å². The summed E-state index contributed by atoms with van der Waals surface area (Å²) >= 11 is 0. The summed E-state index contributed by atoms with van der Waals surface area (Å²) in [5.41, 5.74) is -0.479. The van der Waals surface area contributed by atoms with Gasteiger partial charge in [-0.1, -0.05) is 6.07 Å². The number of alkyl halides is 3. The lowest BCUT2D eigenvalue weighted by Gasteiger charge is -2.25. The summed E-state index contributed by atoms with van der Waals surface area (Å²) in [6.07, 6.45) is -4.44. The van der Waals surface area contributed by atoms with E-state index in [1.165, 1.54) is 12.1 Å². The average Bonchev–Trinajstić information content (AvgIpc) is 2.25. The van der Waals surface area contributed by atoms with E-state index in [0.29, 0.717) is 6.42 Å². The number of aliphatic hydroxyl groups is 1. The topological polar surface area (TPSA) is 70.6 Å². The van der Waals surface area contributed by atoms with Gasteiger partial charge in [0.15, 0.2) is 0 Å². The molecule has 0 unspecified atom stereocenters. The molecule has 0 spiro atoms. The number of benzene rings is 1. The first-order valence-corrected chi connectivity index (χ1v) is 6.17. The smallest absolute Gasteiger partial charge is 0.406 e. The van der Waals surface area contributed by atoms with Crippen molar-refractivity contribution in [3.8, 4) is 5.75 Å². The second-order valence-electron chi connectivity index (χ2n) is 5.01. The molecule has 0 radical (unpaired) electrons. The van der Waals surface area contributed by atoms with Crippen LogP contribution in [0.1, 0.15) is 20.3 Å². The van der Waals surface area contributed by atoms with Gasteiger partial charge in [-0.05, 0) is 32.4 Å². The quantitative estimate of drug-likeness (QED) is 0.783. The third-order valence-corrected chi connectivity index (χ3v) is 2.51. The lowest BCUT2D eigenvalue weighted by atomic mass is 10.0. The maximum absolute atomic E-state index is 12.1. The number of aliphatic hydroxyl groups excluding tert-OH is 1. The van der Waals surface area contributed by atoms with Crippen LogP contribution in [-0.4, -0.2) is 29.6 Å². The molecule has 8 heteroatoms. The van der Waals surface area contributed by atoms with Crippen LogP contribution in [0.5, 0.6) is 5.75 Å². The maximum atomic E-state index is 12.1. The molecule has 0 aromatic heterocycles. The van der Waals surface area contributed by atoms with Gasteiger partial charge < -0.3 is 20.5 Å². The third kappa shape index (κ3) is 6.84. The number of hydrogen-bond donors (Lipinski definition) is 3. The molecule has 5 nitrogen and oxygen atoms in total. The van der Waals surface area contributed by atoms with Crippen LogP contribution in [0.25, 0.3) is 0 Å². The number of amides is 2. The van der Waals surface area contributed by atoms with Crippen molar-refractivity contribution in [1.29, 1.82) is 0 Å². The summed E-state index contributed by atoms with van der Waals surface area (Å²) in [7, 11) is 0. The third-order valence-electron chi connectivity index (χ3n) is 2.51. The fourth-order valence-corrected chi connectivity index (χ4v) is 1.58. The summed E-state index contributed by atoms with van der Waals surface area (Å²) in [4.78, 5) is 11.7. The molecule has 1 rings (SSSR count). The van der Waals surface area contributed by atoms with E-state index in [2.05, 4.69) is 15.4 Å². The molecule has 1 aromatic rings. The maximum Gasteiger partial charge on any atom is 0.573 e. The Morgan fingerprint density at radius 1 is 1.33 bits per heavy atom. The second-order valence-corrected chi connectivity index (χ2v) is 5.01. The van der Waals surface area contributed by atoms with Gasteiger partial charge >= 0.3 is 12.4 Å². The molecule has 0 atom stereocenters. The fraction of sp³-hybridized carbons (Fsp3) is 0.462. The molecule has 0 saturated heterocycles. The summed E-state index contributed by atoms with van der Waals surface area (Å²) in [5, 5.41) is 13.9. The van der Waals surface area contributed by atoms with E-state index < -0.39 is 23.7 Å². The van der Waals surface area contributed by atoms with Crippen molar-refractivity contribution in [2.75, 3.05) is 11.9 Å². The minimum atomic E-state index is -4.79. The molecule has 0 aliphatic carbocycles. The van der Waals surface area contributed by atoms with E-state index in [1.54, 1.807) is 13.8 Å². The minimum absolute atomic E-state index is 0.0951. The molecule has 21 heavy (non-hydrogen) atoms. The molecule has 0 fully saturated rings. The Hall–Kier alpha value is -1.96. The first-order valence-electron chi connectivity index (χ1n) is 6.17. The van der Waals surface area contributed by atoms with E-state index in [0.717, 1.165) is 12.1 Å². The fourth-order valence-electron chi connectivity index (χ4n) is 1.58. The lowest BCUT2D eigenvalue weighted by Crippen LogP contribution is -2.46. The Bertz CT molecular complexity index is 490. The molecular formula is C13H17F3N2O3. The van der Waals surface area contributed by atoms with Crippen LogP contribution in [0.4, 0.5) is 23.7 Å². The summed E-state index contributed by atoms with van der Waals surface area (Å²) in [6.45, 7) is 3.33. The zero-order valence-corrected chi connectivity index (χ0v) is 11.6. The van der Waals surface area contributed by atoms with Gasteiger partial charge in [0.05, 0.1) is 0 Å². The minimum Gasteiger partial charge on any atom is -0.406 e. The highest BCUT2D eigenvalue weighted by Gasteiger charge is 2.31. The molecule has 1 aromatic carbocycles. The van der Waals surface area contributed by atoms with Gasteiger partial charge in [-0.15, -0.1) is 13.2 Å².